The number of imidazole rings is 1. The van der Waals surface area contributed by atoms with Crippen LogP contribution in [-0.2, 0) is 7.05 Å². The van der Waals surface area contributed by atoms with E-state index in [-0.39, 0.29) is 5.56 Å². The Kier molecular flexibility index (Phi) is 1.30. The van der Waals surface area contributed by atoms with Crippen LogP contribution in [0, 0.1) is 6.92 Å². The van der Waals surface area contributed by atoms with Crippen molar-refractivity contribution in [3.05, 3.63) is 28.4 Å². The molecule has 0 atom stereocenters. The third kappa shape index (κ3) is 0.845. The number of aromatic amines is 1. The number of hydrogen-bond donors (Lipinski definition) is 1. The summed E-state index contributed by atoms with van der Waals surface area (Å²) in [5, 5.41) is 0. The SMILES string of the molecule is Cc1nc2c[nH]c(=O)cc2n1C. The molecule has 1 N–H and O–H groups in total. The predicted molar refractivity (Wildman–Crippen MR) is 46.1 cm³/mol. The molecule has 0 unspecified atom stereocenters. The quantitative estimate of drug-likeness (QED) is 0.617. The molecule has 0 spiro atoms. The first-order valence-corrected chi connectivity index (χ1v) is 3.70. The Hall–Kier alpha value is -1.58. The first kappa shape index (κ1) is 7.09. The van der Waals surface area contributed by atoms with Gasteiger partial charge in [-0.05, 0) is 6.92 Å². The minimum Gasteiger partial charge on any atom is -0.331 e. The van der Waals surface area contributed by atoms with Crippen LogP contribution >= 0.6 is 0 Å². The number of pyridine rings is 1. The standard InChI is InChI=1S/C8H9N3O/c1-5-10-6-4-9-8(12)3-7(6)11(5)2/h3-4H,1-2H3,(H,9,12). The van der Waals surface area contributed by atoms with E-state index >= 15 is 0 Å². The van der Waals surface area contributed by atoms with E-state index in [2.05, 4.69) is 9.97 Å². The third-order valence-electron chi connectivity index (χ3n) is 2.01. The molecule has 4 nitrogen and oxygen atoms in total. The van der Waals surface area contributed by atoms with Gasteiger partial charge in [-0.15, -0.1) is 0 Å². The zero-order valence-corrected chi connectivity index (χ0v) is 6.96. The molecule has 2 aromatic rings. The fourth-order valence-electron chi connectivity index (χ4n) is 1.24. The number of nitrogens with zero attached hydrogens (tertiary/aromatic N) is 2. The summed E-state index contributed by atoms with van der Waals surface area (Å²) in [6.07, 6.45) is 1.63. The van der Waals surface area contributed by atoms with E-state index in [0.29, 0.717) is 0 Å². The largest absolute Gasteiger partial charge is 0.331 e. The van der Waals surface area contributed by atoms with E-state index in [1.165, 1.54) is 0 Å². The zero-order chi connectivity index (χ0) is 8.72. The van der Waals surface area contributed by atoms with Crippen molar-refractivity contribution in [2.75, 3.05) is 0 Å². The molecular formula is C8H9N3O. The smallest absolute Gasteiger partial charge is 0.250 e. The van der Waals surface area contributed by atoms with E-state index in [0.717, 1.165) is 16.9 Å². The summed E-state index contributed by atoms with van der Waals surface area (Å²) < 4.78 is 1.89. The lowest BCUT2D eigenvalue weighted by Crippen LogP contribution is -2.02. The molecule has 0 aliphatic carbocycles. The first-order valence-electron chi connectivity index (χ1n) is 3.70. The number of H-pyrrole nitrogens is 1. The van der Waals surface area contributed by atoms with Gasteiger partial charge in [0, 0.05) is 19.3 Å². The highest BCUT2D eigenvalue weighted by molar-refractivity contribution is 5.74. The molecule has 0 fully saturated rings. The molecule has 0 aliphatic heterocycles. The second kappa shape index (κ2) is 2.20. The molecule has 0 radical (unpaired) electrons. The zero-order valence-electron chi connectivity index (χ0n) is 6.96. The molecule has 0 amide bonds. The predicted octanol–water partition coefficient (Wildman–Crippen LogP) is 0.570. The Morgan fingerprint density at radius 2 is 2.33 bits per heavy atom. The summed E-state index contributed by atoms with van der Waals surface area (Å²) in [5.74, 6) is 0.906. The van der Waals surface area contributed by atoms with Gasteiger partial charge in [0.15, 0.2) is 0 Å². The van der Waals surface area contributed by atoms with Gasteiger partial charge in [0.05, 0.1) is 5.52 Å². The van der Waals surface area contributed by atoms with Crippen LogP contribution in [0.3, 0.4) is 0 Å². The molecule has 0 saturated carbocycles. The van der Waals surface area contributed by atoms with Crippen LogP contribution in [0.5, 0.6) is 0 Å². The second-order valence-electron chi connectivity index (χ2n) is 2.79. The maximum atomic E-state index is 10.9. The van der Waals surface area contributed by atoms with Crippen molar-refractivity contribution in [3.63, 3.8) is 0 Å². The lowest BCUT2D eigenvalue weighted by Gasteiger charge is -1.93. The molecular weight excluding hydrogens is 154 g/mol. The van der Waals surface area contributed by atoms with Gasteiger partial charge < -0.3 is 9.55 Å². The van der Waals surface area contributed by atoms with Gasteiger partial charge in [-0.1, -0.05) is 0 Å². The molecule has 2 aromatic heterocycles. The van der Waals surface area contributed by atoms with Crippen molar-refractivity contribution < 1.29 is 0 Å². The molecule has 12 heavy (non-hydrogen) atoms. The lowest BCUT2D eigenvalue weighted by atomic mass is 10.4. The maximum absolute atomic E-state index is 10.9. The minimum atomic E-state index is -0.0921. The Labute approximate surface area is 68.9 Å². The lowest BCUT2D eigenvalue weighted by molar-refractivity contribution is 0.885. The van der Waals surface area contributed by atoms with Crippen LogP contribution in [0.1, 0.15) is 5.82 Å². The number of fused-ring (bicyclic) bond motifs is 1. The molecule has 0 saturated heterocycles. The van der Waals surface area contributed by atoms with Crippen molar-refractivity contribution in [1.82, 2.24) is 14.5 Å². The molecule has 2 rings (SSSR count). The highest BCUT2D eigenvalue weighted by Gasteiger charge is 2.02. The van der Waals surface area contributed by atoms with Gasteiger partial charge in [-0.3, -0.25) is 4.79 Å². The summed E-state index contributed by atoms with van der Waals surface area (Å²) >= 11 is 0. The van der Waals surface area contributed by atoms with Gasteiger partial charge in [0.1, 0.15) is 11.3 Å². The van der Waals surface area contributed by atoms with E-state index in [9.17, 15) is 4.79 Å². The molecule has 4 heteroatoms. The van der Waals surface area contributed by atoms with Crippen molar-refractivity contribution in [2.45, 2.75) is 6.92 Å². The van der Waals surface area contributed by atoms with Gasteiger partial charge >= 0.3 is 0 Å². The van der Waals surface area contributed by atoms with Crippen molar-refractivity contribution >= 4 is 11.0 Å². The van der Waals surface area contributed by atoms with Crippen molar-refractivity contribution in [1.29, 1.82) is 0 Å². The Morgan fingerprint density at radius 3 is 3.08 bits per heavy atom. The van der Waals surface area contributed by atoms with Gasteiger partial charge in [-0.25, -0.2) is 4.98 Å². The average molecular weight is 163 g/mol. The number of rotatable bonds is 0. The second-order valence-corrected chi connectivity index (χ2v) is 2.79. The summed E-state index contributed by atoms with van der Waals surface area (Å²) in [6, 6.07) is 1.55. The van der Waals surface area contributed by atoms with Gasteiger partial charge in [-0.2, -0.15) is 0 Å². The van der Waals surface area contributed by atoms with Crippen LogP contribution in [0.15, 0.2) is 17.1 Å². The third-order valence-corrected chi connectivity index (χ3v) is 2.01. The van der Waals surface area contributed by atoms with Crippen molar-refractivity contribution in [2.24, 2.45) is 7.05 Å². The highest BCUT2D eigenvalue weighted by atomic mass is 16.1. The fourth-order valence-corrected chi connectivity index (χ4v) is 1.24. The number of nitrogens with one attached hydrogen (secondary N) is 1. The normalized spacial score (nSPS) is 10.8. The Morgan fingerprint density at radius 1 is 1.58 bits per heavy atom. The van der Waals surface area contributed by atoms with E-state index in [4.69, 9.17) is 0 Å². The van der Waals surface area contributed by atoms with E-state index in [1.807, 2.05) is 18.5 Å². The summed E-state index contributed by atoms with van der Waals surface area (Å²) in [4.78, 5) is 17.8. The van der Waals surface area contributed by atoms with Crippen LogP contribution in [0.25, 0.3) is 11.0 Å². The van der Waals surface area contributed by atoms with Gasteiger partial charge in [0.2, 0.25) is 5.56 Å². The maximum Gasteiger partial charge on any atom is 0.250 e. The van der Waals surface area contributed by atoms with E-state index < -0.39 is 0 Å². The highest BCUT2D eigenvalue weighted by Crippen LogP contribution is 2.09. The minimum absolute atomic E-state index is 0.0921. The Bertz CT molecular complexity index is 480. The Balaban J connectivity index is 2.98. The molecule has 0 bridgehead atoms. The topological polar surface area (TPSA) is 50.7 Å². The monoisotopic (exact) mass is 163 g/mol. The summed E-state index contributed by atoms with van der Waals surface area (Å²) in [7, 11) is 1.89. The first-order chi connectivity index (χ1) is 5.68. The molecule has 2 heterocycles. The number of hydrogen-bond acceptors (Lipinski definition) is 2. The fraction of sp³-hybridized carbons (Fsp3) is 0.250. The van der Waals surface area contributed by atoms with Crippen molar-refractivity contribution in [3.8, 4) is 0 Å². The van der Waals surface area contributed by atoms with Crippen LogP contribution in [0.4, 0.5) is 0 Å². The molecule has 0 aliphatic rings. The van der Waals surface area contributed by atoms with Crippen LogP contribution < -0.4 is 5.56 Å². The number of aryl methyl sites for hydroxylation is 2. The van der Waals surface area contributed by atoms with Crippen LogP contribution in [0.2, 0.25) is 0 Å². The average Bonchev–Trinajstić information content (AvgIpc) is 2.31. The summed E-state index contributed by atoms with van der Waals surface area (Å²) in [6.45, 7) is 1.91. The molecule has 62 valence electrons. The number of aromatic nitrogens is 3. The van der Waals surface area contributed by atoms with Crippen LogP contribution in [-0.4, -0.2) is 14.5 Å². The molecule has 0 aromatic carbocycles. The van der Waals surface area contributed by atoms with E-state index in [1.54, 1.807) is 12.3 Å². The van der Waals surface area contributed by atoms with Gasteiger partial charge in [0.25, 0.3) is 0 Å². The summed E-state index contributed by atoms with van der Waals surface area (Å²) in [5.41, 5.74) is 1.61.